The van der Waals surface area contributed by atoms with Crippen LogP contribution in [0.4, 0.5) is 0 Å². The van der Waals surface area contributed by atoms with Crippen molar-refractivity contribution in [3.63, 3.8) is 0 Å². The molecule has 6 heterocycles. The lowest BCUT2D eigenvalue weighted by molar-refractivity contribution is 0.0709. The number of aromatic amines is 4. The van der Waals surface area contributed by atoms with Crippen molar-refractivity contribution < 1.29 is 29.3 Å². The van der Waals surface area contributed by atoms with Crippen LogP contribution in [-0.4, -0.2) is 112 Å². The molecule has 0 saturated carbocycles. The maximum Gasteiger partial charge on any atom is 0.254 e. The van der Waals surface area contributed by atoms with Crippen LogP contribution < -0.4 is 9.47 Å². The molecule has 2 saturated heterocycles. The Morgan fingerprint density at radius 3 is 1.79 bits per heavy atom. The number of aliphatic hydroxyl groups is 2. The minimum absolute atomic E-state index is 0.140. The van der Waals surface area contributed by atoms with Crippen LogP contribution in [0.25, 0.3) is 44.1 Å². The molecule has 10 rings (SSSR count). The lowest BCUT2D eigenvalue weighted by atomic mass is 10.0. The number of β-amino-alcohol motifs (C(OH)–C–C–N with tert-alkyl or cyclic N) is 2. The number of aliphatic hydroxyl groups excluding tert-OH is 2. The minimum atomic E-state index is -0.573. The zero-order chi connectivity index (χ0) is 42.2. The fourth-order valence-corrected chi connectivity index (χ4v) is 8.90. The predicted octanol–water partition coefficient (Wildman–Crippen LogP) is 6.42. The van der Waals surface area contributed by atoms with Crippen molar-refractivity contribution in [3.05, 3.63) is 130 Å². The van der Waals surface area contributed by atoms with Gasteiger partial charge in [-0.05, 0) is 101 Å². The Balaban J connectivity index is 0.000000156. The van der Waals surface area contributed by atoms with E-state index < -0.39 is 12.2 Å². The topological polar surface area (TPSA) is 214 Å². The van der Waals surface area contributed by atoms with Gasteiger partial charge in [0, 0.05) is 69.6 Å². The number of carbonyl (C=O) groups excluding carboxylic acids is 2. The summed E-state index contributed by atoms with van der Waals surface area (Å²) >= 11 is 2.21. The Morgan fingerprint density at radius 2 is 1.25 bits per heavy atom. The van der Waals surface area contributed by atoms with Gasteiger partial charge in [-0.2, -0.15) is 20.4 Å². The number of methoxy groups -OCH3 is 2. The molecule has 4 atom stereocenters. The number of nitrogens with zero attached hydrogens (tertiary/aromatic N) is 6. The van der Waals surface area contributed by atoms with Gasteiger partial charge in [0.1, 0.15) is 15.2 Å². The Kier molecular flexibility index (Phi) is 11.0. The molecule has 0 spiro atoms. The first-order chi connectivity index (χ1) is 29.7. The molecule has 0 aliphatic carbocycles. The normalized spacial score (nSPS) is 18.7. The monoisotopic (exact) mass is 932 g/mol. The van der Waals surface area contributed by atoms with E-state index in [9.17, 15) is 19.8 Å². The van der Waals surface area contributed by atoms with E-state index in [0.717, 1.165) is 58.9 Å². The summed E-state index contributed by atoms with van der Waals surface area (Å²) in [6, 6.07) is 22.3. The van der Waals surface area contributed by atoms with Crippen LogP contribution in [-0.2, 0) is 0 Å². The molecule has 4 aromatic heterocycles. The zero-order valence-electron chi connectivity index (χ0n) is 33.0. The first-order valence-electron chi connectivity index (χ1n) is 19.6. The Hall–Kier alpha value is -6.57. The highest BCUT2D eigenvalue weighted by Crippen LogP contribution is 2.38. The molecule has 2 aliphatic rings. The number of ether oxygens (including phenoxy) is 2. The summed E-state index contributed by atoms with van der Waals surface area (Å²) in [5.74, 6) is 0.905. The highest BCUT2D eigenvalue weighted by Gasteiger charge is 2.37. The number of nitrogens with one attached hydrogen (secondary N) is 4. The molecule has 8 aromatic rings. The number of rotatable bonds is 8. The van der Waals surface area contributed by atoms with Crippen molar-refractivity contribution in [1.29, 1.82) is 0 Å². The minimum Gasteiger partial charge on any atom is -0.496 e. The summed E-state index contributed by atoms with van der Waals surface area (Å²) < 4.78 is 12.0. The standard InChI is InChI=1S/C22H20IN5O3.C22H21N5O3/c1-31-20-7-13(3-4-16(20)14-9-24-25-10-14)22(30)28-11-15(29)8-19(28)12-2-5-17-18(6-12)26-27-21(17)23;1-30-21-7-14(4-5-18(21)16-10-23-24-11-16)22(29)27-12-17(28)8-20(27)13-2-3-15-9-25-26-19(15)6-13/h2-7,9-10,15,19,29H,8,11H2,1H3,(H,24,25)(H,26,27);2-7,9-11,17,20,28H,8,12H2,1H3,(H,23,24)(H,25,26)/t15?,19-;17?,20-/m11/s1. The van der Waals surface area contributed by atoms with Gasteiger partial charge >= 0.3 is 0 Å². The van der Waals surface area contributed by atoms with E-state index >= 15 is 0 Å². The molecule has 61 heavy (non-hydrogen) atoms. The van der Waals surface area contributed by atoms with Crippen molar-refractivity contribution in [2.45, 2.75) is 37.1 Å². The van der Waals surface area contributed by atoms with Crippen LogP contribution in [0.2, 0.25) is 0 Å². The fraction of sp³-hybridized carbons (Fsp3) is 0.227. The van der Waals surface area contributed by atoms with Crippen molar-refractivity contribution in [1.82, 2.24) is 50.6 Å². The molecule has 0 radical (unpaired) electrons. The van der Waals surface area contributed by atoms with E-state index in [4.69, 9.17) is 9.47 Å². The molecule has 2 unspecified atom stereocenters. The predicted molar refractivity (Wildman–Crippen MR) is 235 cm³/mol. The molecular weight excluding hydrogens is 891 g/mol. The number of H-pyrrole nitrogens is 4. The first kappa shape index (κ1) is 39.9. The van der Waals surface area contributed by atoms with Gasteiger partial charge in [0.25, 0.3) is 11.8 Å². The molecule has 16 nitrogen and oxygen atoms in total. The summed E-state index contributed by atoms with van der Waals surface area (Å²) in [6.07, 6.45) is 8.57. The van der Waals surface area contributed by atoms with Gasteiger partial charge in [-0.25, -0.2) is 0 Å². The van der Waals surface area contributed by atoms with E-state index in [1.165, 1.54) is 0 Å². The summed E-state index contributed by atoms with van der Waals surface area (Å²) in [5, 5.41) is 50.6. The second kappa shape index (κ2) is 16.8. The fourth-order valence-electron chi connectivity index (χ4n) is 8.33. The van der Waals surface area contributed by atoms with Crippen LogP contribution in [0.3, 0.4) is 0 Å². The molecular formula is C44H41IN10O6. The number of amides is 2. The molecule has 0 bridgehead atoms. The molecule has 310 valence electrons. The van der Waals surface area contributed by atoms with Gasteiger partial charge in [-0.3, -0.25) is 30.0 Å². The average molecular weight is 933 g/mol. The number of likely N-dealkylation sites (tertiary alicyclic amines) is 2. The van der Waals surface area contributed by atoms with E-state index in [0.29, 0.717) is 35.5 Å². The molecule has 17 heteroatoms. The smallest absolute Gasteiger partial charge is 0.254 e. The summed E-state index contributed by atoms with van der Waals surface area (Å²) in [6.45, 7) is 0.571. The maximum atomic E-state index is 13.4. The van der Waals surface area contributed by atoms with Crippen LogP contribution in [0.1, 0.15) is 56.8 Å². The number of fused-ring (bicyclic) bond motifs is 2. The number of hydrogen-bond acceptors (Lipinski definition) is 10. The summed E-state index contributed by atoms with van der Waals surface area (Å²) in [5.41, 5.74) is 8.19. The van der Waals surface area contributed by atoms with Crippen LogP contribution >= 0.6 is 22.6 Å². The number of halogens is 1. The largest absolute Gasteiger partial charge is 0.496 e. The van der Waals surface area contributed by atoms with Crippen molar-refractivity contribution in [2.24, 2.45) is 0 Å². The Labute approximate surface area is 362 Å². The van der Waals surface area contributed by atoms with Gasteiger partial charge < -0.3 is 29.5 Å². The van der Waals surface area contributed by atoms with Gasteiger partial charge in [-0.15, -0.1) is 0 Å². The van der Waals surface area contributed by atoms with Crippen molar-refractivity contribution in [2.75, 3.05) is 27.3 Å². The van der Waals surface area contributed by atoms with E-state index in [-0.39, 0.29) is 37.0 Å². The lowest BCUT2D eigenvalue weighted by Crippen LogP contribution is -2.31. The number of aromatic nitrogens is 8. The van der Waals surface area contributed by atoms with Gasteiger partial charge in [0.2, 0.25) is 0 Å². The third-order valence-electron chi connectivity index (χ3n) is 11.4. The molecule has 2 amide bonds. The van der Waals surface area contributed by atoms with Gasteiger partial charge in [0.05, 0.1) is 68.1 Å². The van der Waals surface area contributed by atoms with E-state index in [1.54, 1.807) is 79.3 Å². The highest BCUT2D eigenvalue weighted by atomic mass is 127. The van der Waals surface area contributed by atoms with Crippen LogP contribution in [0.15, 0.2) is 104 Å². The quantitative estimate of drug-likeness (QED) is 0.0920. The van der Waals surface area contributed by atoms with Gasteiger partial charge in [0.15, 0.2) is 0 Å². The second-order valence-electron chi connectivity index (χ2n) is 15.1. The van der Waals surface area contributed by atoms with E-state index in [1.807, 2.05) is 48.5 Å². The van der Waals surface area contributed by atoms with Crippen molar-refractivity contribution in [3.8, 4) is 33.8 Å². The summed E-state index contributed by atoms with van der Waals surface area (Å²) in [7, 11) is 3.16. The third kappa shape index (κ3) is 7.82. The number of hydrogen-bond donors (Lipinski definition) is 6. The highest BCUT2D eigenvalue weighted by molar-refractivity contribution is 14.1. The number of carbonyl (C=O) groups is 2. The van der Waals surface area contributed by atoms with Gasteiger partial charge in [-0.1, -0.05) is 18.2 Å². The molecule has 4 aromatic carbocycles. The van der Waals surface area contributed by atoms with Crippen LogP contribution in [0.5, 0.6) is 11.5 Å². The molecule has 6 N–H and O–H groups in total. The van der Waals surface area contributed by atoms with E-state index in [2.05, 4.69) is 63.4 Å². The van der Waals surface area contributed by atoms with Crippen LogP contribution in [0, 0.1) is 3.70 Å². The lowest BCUT2D eigenvalue weighted by Gasteiger charge is -2.25. The molecule has 2 fully saturated rings. The average Bonchev–Trinajstić information content (AvgIpc) is 4.16. The van der Waals surface area contributed by atoms with Crippen molar-refractivity contribution >= 4 is 56.2 Å². The molecule has 2 aliphatic heterocycles. The first-order valence-corrected chi connectivity index (χ1v) is 20.7. The zero-order valence-corrected chi connectivity index (χ0v) is 35.2. The Bertz CT molecular complexity index is 2840. The maximum absolute atomic E-state index is 13.4. The summed E-state index contributed by atoms with van der Waals surface area (Å²) in [4.78, 5) is 30.3. The second-order valence-corrected chi connectivity index (χ2v) is 16.1. The number of benzene rings is 4. The Morgan fingerprint density at radius 1 is 0.689 bits per heavy atom. The third-order valence-corrected chi connectivity index (χ3v) is 12.2. The SMILES string of the molecule is COc1cc(C(=O)N2CC(O)C[C@@H]2c2ccc3c(I)[nH]nc3c2)ccc1-c1cn[nH]c1.COc1cc(C(=O)N2CC(O)C[C@@H]2c2ccc3cn[nH]c3c2)ccc1-c1cn[nH]c1.